The van der Waals surface area contributed by atoms with Gasteiger partial charge in [-0.1, -0.05) is 31.2 Å². The molecular formula is C23H30N2O3S. The zero-order chi connectivity index (χ0) is 21.2. The number of benzene rings is 2. The normalized spacial score (nSPS) is 17.2. The van der Waals surface area contributed by atoms with Crippen LogP contribution in [-0.4, -0.2) is 38.6 Å². The van der Waals surface area contributed by atoms with Crippen LogP contribution < -0.4 is 4.31 Å². The van der Waals surface area contributed by atoms with E-state index in [-0.39, 0.29) is 12.5 Å². The Hall–Kier alpha value is -2.34. The minimum atomic E-state index is -3.45. The van der Waals surface area contributed by atoms with Crippen LogP contribution in [0, 0.1) is 19.8 Å². The van der Waals surface area contributed by atoms with Crippen molar-refractivity contribution < 1.29 is 13.2 Å². The van der Waals surface area contributed by atoms with Crippen molar-refractivity contribution in [2.45, 2.75) is 40.2 Å². The fourth-order valence-corrected chi connectivity index (χ4v) is 4.78. The Morgan fingerprint density at radius 3 is 2.45 bits per heavy atom. The molecule has 1 atom stereocenters. The molecule has 2 aromatic carbocycles. The van der Waals surface area contributed by atoms with Gasteiger partial charge >= 0.3 is 0 Å². The first kappa shape index (κ1) is 21.4. The molecule has 1 aliphatic heterocycles. The van der Waals surface area contributed by atoms with Crippen molar-refractivity contribution in [2.75, 3.05) is 23.7 Å². The zero-order valence-electron chi connectivity index (χ0n) is 17.7. The van der Waals surface area contributed by atoms with Crippen molar-refractivity contribution in [3.05, 3.63) is 64.7 Å². The molecule has 2 aromatic rings. The summed E-state index contributed by atoms with van der Waals surface area (Å²) in [6, 6.07) is 13.1. The van der Waals surface area contributed by atoms with E-state index in [0.717, 1.165) is 36.2 Å². The smallest absolute Gasteiger partial charge is 0.253 e. The highest BCUT2D eigenvalue weighted by molar-refractivity contribution is 7.92. The van der Waals surface area contributed by atoms with E-state index in [9.17, 15) is 13.2 Å². The Labute approximate surface area is 174 Å². The van der Waals surface area contributed by atoms with Crippen LogP contribution >= 0.6 is 0 Å². The number of nitrogens with zero attached hydrogens (tertiary/aromatic N) is 2. The molecular weight excluding hydrogens is 384 g/mol. The summed E-state index contributed by atoms with van der Waals surface area (Å²) in [6.45, 7) is 7.88. The van der Waals surface area contributed by atoms with E-state index < -0.39 is 10.0 Å². The number of carbonyl (C=O) groups is 1. The number of rotatable bonds is 5. The highest BCUT2D eigenvalue weighted by atomic mass is 32.2. The zero-order valence-corrected chi connectivity index (χ0v) is 18.5. The number of amides is 1. The van der Waals surface area contributed by atoms with E-state index in [4.69, 9.17) is 0 Å². The van der Waals surface area contributed by atoms with Crippen LogP contribution in [-0.2, 0) is 16.6 Å². The predicted octanol–water partition coefficient (Wildman–Crippen LogP) is 4.14. The van der Waals surface area contributed by atoms with Crippen LogP contribution in [0.3, 0.4) is 0 Å². The summed E-state index contributed by atoms with van der Waals surface area (Å²) in [5.74, 6) is 0.588. The van der Waals surface area contributed by atoms with E-state index in [1.807, 2.05) is 49.1 Å². The summed E-state index contributed by atoms with van der Waals surface area (Å²) in [5, 5.41) is 0. The standard InChI is InChI=1S/C23H30N2O3S/c1-17-7-8-19(3)22(14-17)25(29(4,27)28)16-20-9-11-21(12-10-20)23(26)24-13-5-6-18(2)15-24/h7-12,14,18H,5-6,13,15-16H2,1-4H3. The molecule has 1 fully saturated rings. The molecule has 0 radical (unpaired) electrons. The lowest BCUT2D eigenvalue weighted by Gasteiger charge is -2.31. The molecule has 0 aliphatic carbocycles. The van der Waals surface area contributed by atoms with Gasteiger partial charge in [0.2, 0.25) is 10.0 Å². The quantitative estimate of drug-likeness (QED) is 0.739. The van der Waals surface area contributed by atoms with Gasteiger partial charge in [-0.05, 0) is 67.5 Å². The average molecular weight is 415 g/mol. The van der Waals surface area contributed by atoms with Gasteiger partial charge in [-0.3, -0.25) is 9.10 Å². The van der Waals surface area contributed by atoms with Crippen molar-refractivity contribution in [1.29, 1.82) is 0 Å². The average Bonchev–Trinajstić information content (AvgIpc) is 2.67. The van der Waals surface area contributed by atoms with Gasteiger partial charge in [0, 0.05) is 18.7 Å². The summed E-state index contributed by atoms with van der Waals surface area (Å²) in [4.78, 5) is 14.7. The molecule has 0 aromatic heterocycles. The fourth-order valence-electron chi connectivity index (χ4n) is 3.84. The number of hydrogen-bond acceptors (Lipinski definition) is 3. The maximum atomic E-state index is 12.8. The van der Waals surface area contributed by atoms with Gasteiger partial charge in [0.25, 0.3) is 5.91 Å². The van der Waals surface area contributed by atoms with E-state index in [1.165, 1.54) is 17.0 Å². The monoisotopic (exact) mass is 414 g/mol. The summed E-state index contributed by atoms with van der Waals surface area (Å²) < 4.78 is 26.4. The van der Waals surface area contributed by atoms with Crippen LogP contribution in [0.2, 0.25) is 0 Å². The number of anilines is 1. The fraction of sp³-hybridized carbons (Fsp3) is 0.435. The molecule has 1 heterocycles. The van der Waals surface area contributed by atoms with Crippen LogP contribution in [0.4, 0.5) is 5.69 Å². The van der Waals surface area contributed by atoms with Gasteiger partial charge in [-0.25, -0.2) is 8.42 Å². The lowest BCUT2D eigenvalue weighted by Crippen LogP contribution is -2.39. The first-order valence-electron chi connectivity index (χ1n) is 10.1. The maximum absolute atomic E-state index is 12.8. The van der Waals surface area contributed by atoms with Crippen molar-refractivity contribution in [2.24, 2.45) is 5.92 Å². The molecule has 29 heavy (non-hydrogen) atoms. The summed E-state index contributed by atoms with van der Waals surface area (Å²) in [7, 11) is -3.45. The second-order valence-corrected chi connectivity index (χ2v) is 10.2. The minimum absolute atomic E-state index is 0.0533. The number of piperidine rings is 1. The first-order chi connectivity index (χ1) is 13.6. The highest BCUT2D eigenvalue weighted by Gasteiger charge is 2.23. The Morgan fingerprint density at radius 2 is 1.83 bits per heavy atom. The van der Waals surface area contributed by atoms with Crippen molar-refractivity contribution in [3.63, 3.8) is 0 Å². The Balaban J connectivity index is 1.81. The molecule has 1 saturated heterocycles. The van der Waals surface area contributed by atoms with Crippen molar-refractivity contribution >= 4 is 21.6 Å². The highest BCUT2D eigenvalue weighted by Crippen LogP contribution is 2.26. The van der Waals surface area contributed by atoms with Gasteiger partial charge in [0.05, 0.1) is 18.5 Å². The lowest BCUT2D eigenvalue weighted by atomic mass is 9.99. The molecule has 1 amide bonds. The molecule has 0 saturated carbocycles. The van der Waals surface area contributed by atoms with Crippen LogP contribution in [0.1, 0.15) is 46.8 Å². The Morgan fingerprint density at radius 1 is 1.14 bits per heavy atom. The number of likely N-dealkylation sites (tertiary alicyclic amines) is 1. The second kappa shape index (κ2) is 8.57. The molecule has 5 nitrogen and oxygen atoms in total. The topological polar surface area (TPSA) is 57.7 Å². The molecule has 1 aliphatic rings. The number of sulfonamides is 1. The van der Waals surface area contributed by atoms with E-state index in [1.54, 1.807) is 12.1 Å². The van der Waals surface area contributed by atoms with Gasteiger partial charge in [0.15, 0.2) is 0 Å². The van der Waals surface area contributed by atoms with Gasteiger partial charge in [-0.15, -0.1) is 0 Å². The lowest BCUT2D eigenvalue weighted by molar-refractivity contribution is 0.0683. The van der Waals surface area contributed by atoms with Crippen LogP contribution in [0.25, 0.3) is 0 Å². The molecule has 156 valence electrons. The second-order valence-electron chi connectivity index (χ2n) is 8.26. The van der Waals surface area contributed by atoms with Crippen LogP contribution in [0.15, 0.2) is 42.5 Å². The van der Waals surface area contributed by atoms with Crippen LogP contribution in [0.5, 0.6) is 0 Å². The third kappa shape index (κ3) is 5.18. The number of aryl methyl sites for hydroxylation is 2. The molecule has 6 heteroatoms. The minimum Gasteiger partial charge on any atom is -0.338 e. The Kier molecular flexibility index (Phi) is 6.32. The SMILES string of the molecule is Cc1ccc(C)c(N(Cc2ccc(C(=O)N3CCCC(C)C3)cc2)S(C)(=O)=O)c1. The predicted molar refractivity (Wildman–Crippen MR) is 118 cm³/mol. The first-order valence-corrected chi connectivity index (χ1v) is 11.9. The third-order valence-electron chi connectivity index (χ3n) is 5.50. The summed E-state index contributed by atoms with van der Waals surface area (Å²) in [5.41, 5.74) is 4.11. The summed E-state index contributed by atoms with van der Waals surface area (Å²) >= 11 is 0. The van der Waals surface area contributed by atoms with Gasteiger partial charge in [-0.2, -0.15) is 0 Å². The molecule has 0 bridgehead atoms. The largest absolute Gasteiger partial charge is 0.338 e. The summed E-state index contributed by atoms with van der Waals surface area (Å²) in [6.07, 6.45) is 3.44. The Bertz CT molecular complexity index is 984. The van der Waals surface area contributed by atoms with Gasteiger partial charge < -0.3 is 4.90 Å². The van der Waals surface area contributed by atoms with Crippen molar-refractivity contribution in [1.82, 2.24) is 4.90 Å². The maximum Gasteiger partial charge on any atom is 0.253 e. The molecule has 0 N–H and O–H groups in total. The number of carbonyl (C=O) groups excluding carboxylic acids is 1. The van der Waals surface area contributed by atoms with E-state index in [0.29, 0.717) is 17.2 Å². The molecule has 3 rings (SSSR count). The molecule has 0 spiro atoms. The number of hydrogen-bond donors (Lipinski definition) is 0. The molecule has 1 unspecified atom stereocenters. The van der Waals surface area contributed by atoms with Gasteiger partial charge in [0.1, 0.15) is 0 Å². The van der Waals surface area contributed by atoms with E-state index in [2.05, 4.69) is 6.92 Å². The van der Waals surface area contributed by atoms with Crippen molar-refractivity contribution in [3.8, 4) is 0 Å². The van der Waals surface area contributed by atoms with E-state index >= 15 is 0 Å². The third-order valence-corrected chi connectivity index (χ3v) is 6.63.